The van der Waals surface area contributed by atoms with Gasteiger partial charge in [-0.05, 0) is 204 Å². The van der Waals surface area contributed by atoms with Crippen LogP contribution >= 0.6 is 0 Å². The van der Waals surface area contributed by atoms with Crippen molar-refractivity contribution >= 4 is 22.7 Å². The first kappa shape index (κ1) is 65.0. The number of anilines is 4. The van der Waals surface area contributed by atoms with Gasteiger partial charge in [0.05, 0.1) is 42.2 Å². The van der Waals surface area contributed by atoms with E-state index in [4.69, 9.17) is 23.7 Å². The summed E-state index contributed by atoms with van der Waals surface area (Å²) in [6, 6.07) is 32.2. The van der Waals surface area contributed by atoms with Crippen LogP contribution in [0.5, 0.6) is 17.2 Å². The van der Waals surface area contributed by atoms with Crippen LogP contribution in [0.2, 0.25) is 0 Å². The zero-order chi connectivity index (χ0) is 60.6. The van der Waals surface area contributed by atoms with Crippen molar-refractivity contribution in [3.8, 4) is 17.2 Å². The second-order valence-corrected chi connectivity index (χ2v) is 20.9. The van der Waals surface area contributed by atoms with Crippen molar-refractivity contribution in [1.82, 2.24) is 0 Å². The van der Waals surface area contributed by atoms with Crippen molar-refractivity contribution in [2.45, 2.75) is 98.4 Å². The van der Waals surface area contributed by atoms with Gasteiger partial charge < -0.3 is 43.5 Å². The van der Waals surface area contributed by atoms with Gasteiger partial charge in [0.2, 0.25) is 0 Å². The largest absolute Gasteiger partial charge is 0.497 e. The number of rotatable bonds is 29. The van der Waals surface area contributed by atoms with E-state index in [9.17, 15) is 5.11 Å². The van der Waals surface area contributed by atoms with Crippen molar-refractivity contribution in [2.75, 3.05) is 69.9 Å². The van der Waals surface area contributed by atoms with Crippen LogP contribution in [0.25, 0.3) is 0 Å². The van der Waals surface area contributed by atoms with Gasteiger partial charge in [-0.25, -0.2) is 0 Å². The molecule has 0 heterocycles. The van der Waals surface area contributed by atoms with Gasteiger partial charge in [-0.1, -0.05) is 124 Å². The maximum absolute atomic E-state index is 9.73. The zero-order valence-corrected chi connectivity index (χ0v) is 52.3. The van der Waals surface area contributed by atoms with Crippen LogP contribution in [-0.2, 0) is 14.9 Å². The molecule has 0 radical (unpaired) electrons. The Morgan fingerprint density at radius 3 is 1.81 bits per heavy atom. The Hall–Kier alpha value is -8.14. The predicted molar refractivity (Wildman–Crippen MR) is 355 cm³/mol. The lowest BCUT2D eigenvalue weighted by Crippen LogP contribution is -2.33. The molecule has 9 nitrogen and oxygen atoms in total. The molecule has 0 amide bonds. The second-order valence-electron chi connectivity index (χ2n) is 20.9. The molecule has 2 aliphatic rings. The molecule has 84 heavy (non-hydrogen) atoms. The number of hydrogen-bond acceptors (Lipinski definition) is 9. The molecule has 444 valence electrons. The molecule has 5 unspecified atom stereocenters. The highest BCUT2D eigenvalue weighted by atomic mass is 16.5. The van der Waals surface area contributed by atoms with E-state index < -0.39 is 5.41 Å². The lowest BCUT2D eigenvalue weighted by Gasteiger charge is -2.38. The number of ether oxygens (including phenoxy) is 5. The summed E-state index contributed by atoms with van der Waals surface area (Å²) < 4.78 is 28.2. The highest BCUT2D eigenvalue weighted by Crippen LogP contribution is 2.66. The van der Waals surface area contributed by atoms with Crippen LogP contribution in [0.15, 0.2) is 247 Å². The number of allylic oxidation sites excluding steroid dienone is 17. The Labute approximate surface area is 504 Å². The summed E-state index contributed by atoms with van der Waals surface area (Å²) in [4.78, 5) is 7.10. The maximum atomic E-state index is 9.73. The summed E-state index contributed by atoms with van der Waals surface area (Å²) in [5, 5.41) is 9.73. The van der Waals surface area contributed by atoms with Gasteiger partial charge in [0.1, 0.15) is 28.8 Å². The lowest BCUT2D eigenvalue weighted by atomic mass is 9.66. The molecule has 0 saturated heterocycles. The molecule has 0 bridgehead atoms. The predicted octanol–water partition coefficient (Wildman–Crippen LogP) is 18.1. The number of methoxy groups -OCH3 is 5. The highest BCUT2D eigenvalue weighted by Gasteiger charge is 2.58. The van der Waals surface area contributed by atoms with Gasteiger partial charge in [0.25, 0.3) is 0 Å². The van der Waals surface area contributed by atoms with Crippen LogP contribution in [0.3, 0.4) is 0 Å². The molecule has 4 aromatic carbocycles. The van der Waals surface area contributed by atoms with E-state index >= 15 is 0 Å². The topological polar surface area (TPSA) is 76.1 Å². The standard InChI is InChI=1S/C75H93N3O6/c1-15-26-64(77(50-24-31-66(81-11)27-16-2)62-37-44-68(83-13)45-38-62)53-58-52-55(8)72(20-6)75(58)73(21-7)70(32-22-28-57(17-3)29-23-49-76(59(18-4)30-25-51-79)61-35-42-67(82-12)43-36-61)71-48-41-65(54-74(71)75)78(60(19-5)34-33-56(9)80-10)63-39-46-69(84-14)47-40-63/h15,17,19-31,33-48,53-55,58-59,70,79H,9,16,18,32,49-52H2,1-8,10-14H3. The van der Waals surface area contributed by atoms with E-state index in [2.05, 4.69) is 228 Å². The zero-order valence-electron chi connectivity index (χ0n) is 52.3. The summed E-state index contributed by atoms with van der Waals surface area (Å²) in [7, 11) is 8.48. The Bertz CT molecular complexity index is 3160. The molecule has 0 aliphatic heterocycles. The molecule has 9 heteroatoms. The van der Waals surface area contributed by atoms with Crippen molar-refractivity contribution in [2.24, 2.45) is 11.8 Å². The van der Waals surface area contributed by atoms with Gasteiger partial charge in [0, 0.05) is 64.6 Å². The minimum absolute atomic E-state index is 0.000395. The quantitative estimate of drug-likeness (QED) is 0.0325. The van der Waals surface area contributed by atoms with E-state index in [-0.39, 0.29) is 30.4 Å². The van der Waals surface area contributed by atoms with Crippen LogP contribution in [-0.4, -0.2) is 66.4 Å². The molecule has 1 saturated carbocycles. The third-order valence-corrected chi connectivity index (χ3v) is 16.2. The lowest BCUT2D eigenvalue weighted by molar-refractivity contribution is 0.305. The first-order valence-corrected chi connectivity index (χ1v) is 29.8. The average molecular weight is 1130 g/mol. The van der Waals surface area contributed by atoms with Crippen molar-refractivity contribution in [3.63, 3.8) is 0 Å². The number of fused-ring (bicyclic) bond motifs is 2. The first-order valence-electron chi connectivity index (χ1n) is 29.8. The van der Waals surface area contributed by atoms with E-state index in [1.807, 2.05) is 48.6 Å². The van der Waals surface area contributed by atoms with Crippen molar-refractivity contribution in [1.29, 1.82) is 0 Å². The molecule has 1 spiro atoms. The van der Waals surface area contributed by atoms with E-state index in [1.165, 1.54) is 22.3 Å². The second kappa shape index (κ2) is 32.6. The first-order chi connectivity index (χ1) is 40.9. The summed E-state index contributed by atoms with van der Waals surface area (Å²) in [6.07, 6.45) is 43.1. The number of aliphatic hydroxyl groups is 1. The summed E-state index contributed by atoms with van der Waals surface area (Å²) in [5.41, 5.74) is 12.4. The Morgan fingerprint density at radius 1 is 0.655 bits per heavy atom. The highest BCUT2D eigenvalue weighted by molar-refractivity contribution is 5.75. The molecular formula is C75H93N3O6. The van der Waals surface area contributed by atoms with Gasteiger partial charge in [-0.3, -0.25) is 0 Å². The fourth-order valence-electron chi connectivity index (χ4n) is 12.3. The molecule has 1 N–H and O–H groups in total. The fraction of sp³-hybridized carbons (Fsp3) is 0.333. The van der Waals surface area contributed by atoms with Gasteiger partial charge in [-0.2, -0.15) is 0 Å². The molecule has 1 fully saturated rings. The fourth-order valence-corrected chi connectivity index (χ4v) is 12.3. The Balaban J connectivity index is 1.56. The van der Waals surface area contributed by atoms with E-state index in [1.54, 1.807) is 35.5 Å². The number of benzene rings is 4. The van der Waals surface area contributed by atoms with Gasteiger partial charge >= 0.3 is 0 Å². The average Bonchev–Trinajstić information content (AvgIpc) is 1.59. The molecule has 0 aromatic heterocycles. The summed E-state index contributed by atoms with van der Waals surface area (Å²) >= 11 is 0. The Kier molecular flexibility index (Phi) is 25.3. The summed E-state index contributed by atoms with van der Waals surface area (Å²) in [6.45, 7) is 22.9. The number of nitrogens with zero attached hydrogens (tertiary/aromatic N) is 3. The third-order valence-electron chi connectivity index (χ3n) is 16.2. The molecule has 2 aliphatic carbocycles. The van der Waals surface area contributed by atoms with Crippen molar-refractivity contribution < 1.29 is 28.8 Å². The third kappa shape index (κ3) is 15.3. The molecular weight excluding hydrogens is 1040 g/mol. The van der Waals surface area contributed by atoms with E-state index in [0.29, 0.717) is 18.8 Å². The number of hydrogen-bond donors (Lipinski definition) is 1. The van der Waals surface area contributed by atoms with Crippen molar-refractivity contribution in [3.05, 3.63) is 258 Å². The minimum atomic E-state index is -0.496. The molecule has 5 atom stereocenters. The van der Waals surface area contributed by atoms with Crippen LogP contribution in [0.1, 0.15) is 98.1 Å². The monoisotopic (exact) mass is 1130 g/mol. The van der Waals surface area contributed by atoms with Crippen LogP contribution in [0.4, 0.5) is 22.7 Å². The Morgan fingerprint density at radius 2 is 1.26 bits per heavy atom. The van der Waals surface area contributed by atoms with Crippen LogP contribution in [0, 0.1) is 11.8 Å². The molecule has 6 rings (SSSR count). The molecule has 4 aromatic rings. The SMILES string of the molecule is C=C(C=CC(=CC)N(c1ccc(OC)cc1)c1ccc2c(c1)C1(C(=CC)C(C)CC1C=C(C=CC)N(CC=CC(=CCC)OC)c1ccc(OC)cc1)C(=CC)C2CC=CC(C=CCN(c1ccc(OC)cc1)C(C=CCO)CC)=CC)OC. The summed E-state index contributed by atoms with van der Waals surface area (Å²) in [5.74, 6) is 4.22. The van der Waals surface area contributed by atoms with Gasteiger partial charge in [0.15, 0.2) is 0 Å². The van der Waals surface area contributed by atoms with Crippen LogP contribution < -0.4 is 28.9 Å². The van der Waals surface area contributed by atoms with E-state index in [0.717, 1.165) is 88.4 Å². The number of aliphatic hydroxyl groups excluding tert-OH is 1. The maximum Gasteiger partial charge on any atom is 0.119 e. The smallest absolute Gasteiger partial charge is 0.119 e. The normalized spacial score (nSPS) is 20.0. The minimum Gasteiger partial charge on any atom is -0.497 e. The van der Waals surface area contributed by atoms with Gasteiger partial charge in [-0.15, -0.1) is 0 Å².